The maximum absolute atomic E-state index is 5.41. The summed E-state index contributed by atoms with van der Waals surface area (Å²) in [7, 11) is 0. The molecule has 21 heavy (non-hydrogen) atoms. The largest absolute Gasteiger partial charge is 0.370 e. The summed E-state index contributed by atoms with van der Waals surface area (Å²) in [5.74, 6) is 7.60. The molecule has 2 aromatic rings. The maximum atomic E-state index is 5.41. The molecule has 0 saturated carbocycles. The second-order valence-corrected chi connectivity index (χ2v) is 4.98. The van der Waals surface area contributed by atoms with Gasteiger partial charge >= 0.3 is 0 Å². The Hall–Kier alpha value is -2.15. The molecule has 0 fully saturated rings. The van der Waals surface area contributed by atoms with Crippen LogP contribution in [0.2, 0.25) is 0 Å². The summed E-state index contributed by atoms with van der Waals surface area (Å²) < 4.78 is 2.03. The highest BCUT2D eigenvalue weighted by Crippen LogP contribution is 2.11. The molecule has 7 nitrogen and oxygen atoms in total. The Balaban J connectivity index is 1.87. The number of hydrogen-bond donors (Lipinski definition) is 3. The van der Waals surface area contributed by atoms with Gasteiger partial charge in [-0.25, -0.2) is 15.8 Å². The number of nitrogen functional groups attached to an aromatic ring is 1. The number of rotatable bonds is 7. The Kier molecular flexibility index (Phi) is 5.10. The zero-order valence-corrected chi connectivity index (χ0v) is 12.8. The monoisotopic (exact) mass is 289 g/mol. The quantitative estimate of drug-likeness (QED) is 0.407. The number of aromatic nitrogens is 4. The van der Waals surface area contributed by atoms with Crippen molar-refractivity contribution in [2.45, 2.75) is 40.2 Å². The van der Waals surface area contributed by atoms with Gasteiger partial charge in [-0.1, -0.05) is 6.92 Å². The number of anilines is 2. The van der Waals surface area contributed by atoms with Crippen LogP contribution in [0.5, 0.6) is 0 Å². The summed E-state index contributed by atoms with van der Waals surface area (Å²) >= 11 is 0. The molecule has 0 saturated heterocycles. The van der Waals surface area contributed by atoms with E-state index < -0.39 is 0 Å². The van der Waals surface area contributed by atoms with Crippen molar-refractivity contribution in [3.8, 4) is 0 Å². The van der Waals surface area contributed by atoms with Crippen molar-refractivity contribution < 1.29 is 0 Å². The van der Waals surface area contributed by atoms with Crippen LogP contribution in [-0.2, 0) is 13.0 Å². The van der Waals surface area contributed by atoms with E-state index >= 15 is 0 Å². The number of nitrogens with zero attached hydrogens (tertiary/aromatic N) is 4. The zero-order chi connectivity index (χ0) is 15.2. The summed E-state index contributed by atoms with van der Waals surface area (Å²) in [6, 6.07) is 3.90. The van der Waals surface area contributed by atoms with Crippen molar-refractivity contribution in [1.82, 2.24) is 19.7 Å². The molecule has 0 atom stereocenters. The molecule has 4 N–H and O–H groups in total. The molecule has 114 valence electrons. The van der Waals surface area contributed by atoms with Crippen molar-refractivity contribution in [3.05, 3.63) is 29.3 Å². The van der Waals surface area contributed by atoms with E-state index in [-0.39, 0.29) is 0 Å². The van der Waals surface area contributed by atoms with Gasteiger partial charge in [0.25, 0.3) is 0 Å². The lowest BCUT2D eigenvalue weighted by molar-refractivity contribution is 0.573. The van der Waals surface area contributed by atoms with Crippen LogP contribution in [0.1, 0.15) is 30.6 Å². The van der Waals surface area contributed by atoms with Gasteiger partial charge in [-0.2, -0.15) is 5.10 Å². The Morgan fingerprint density at radius 3 is 2.57 bits per heavy atom. The lowest BCUT2D eigenvalue weighted by atomic mass is 10.3. The minimum atomic E-state index is 0.628. The van der Waals surface area contributed by atoms with Gasteiger partial charge in [0.1, 0.15) is 17.5 Å². The SMILES string of the molecule is CCc1nc(NN)cc(NCCCn2nc(C)cc2C)n1. The molecule has 2 aromatic heterocycles. The molecule has 0 aliphatic heterocycles. The fraction of sp³-hybridized carbons (Fsp3) is 0.500. The van der Waals surface area contributed by atoms with Gasteiger partial charge < -0.3 is 10.7 Å². The smallest absolute Gasteiger partial charge is 0.145 e. The predicted octanol–water partition coefficient (Wildman–Crippen LogP) is 1.64. The molecule has 0 bridgehead atoms. The highest BCUT2D eigenvalue weighted by atomic mass is 15.3. The lowest BCUT2D eigenvalue weighted by Crippen LogP contribution is -2.13. The second-order valence-electron chi connectivity index (χ2n) is 4.98. The van der Waals surface area contributed by atoms with Crippen molar-refractivity contribution in [1.29, 1.82) is 0 Å². The van der Waals surface area contributed by atoms with E-state index in [0.29, 0.717) is 5.82 Å². The van der Waals surface area contributed by atoms with Crippen molar-refractivity contribution in [3.63, 3.8) is 0 Å². The summed E-state index contributed by atoms with van der Waals surface area (Å²) in [5, 5.41) is 7.75. The average molecular weight is 289 g/mol. The number of hydrazine groups is 1. The van der Waals surface area contributed by atoms with Crippen LogP contribution in [0.3, 0.4) is 0 Å². The van der Waals surface area contributed by atoms with Gasteiger partial charge in [-0.3, -0.25) is 4.68 Å². The van der Waals surface area contributed by atoms with Gasteiger partial charge in [0.05, 0.1) is 5.69 Å². The van der Waals surface area contributed by atoms with E-state index in [1.165, 1.54) is 5.69 Å². The van der Waals surface area contributed by atoms with E-state index in [0.717, 1.165) is 43.3 Å². The first-order valence-corrected chi connectivity index (χ1v) is 7.22. The van der Waals surface area contributed by atoms with Crippen molar-refractivity contribution in [2.24, 2.45) is 5.84 Å². The fourth-order valence-corrected chi connectivity index (χ4v) is 2.17. The molecule has 2 heterocycles. The standard InChI is InChI=1S/C14H23N7/c1-4-12-17-13(9-14(18-12)19-15)16-6-5-7-21-11(3)8-10(2)20-21/h8-9H,4-7,15H2,1-3H3,(H2,16,17,18,19). The van der Waals surface area contributed by atoms with Gasteiger partial charge in [0, 0.05) is 31.3 Å². The molecule has 0 unspecified atom stereocenters. The van der Waals surface area contributed by atoms with Crippen LogP contribution in [0.15, 0.2) is 12.1 Å². The lowest BCUT2D eigenvalue weighted by Gasteiger charge is -2.09. The van der Waals surface area contributed by atoms with Crippen LogP contribution in [0.4, 0.5) is 11.6 Å². The number of nitrogens with one attached hydrogen (secondary N) is 2. The van der Waals surface area contributed by atoms with E-state index in [4.69, 9.17) is 5.84 Å². The summed E-state index contributed by atoms with van der Waals surface area (Å²) in [6.45, 7) is 7.81. The third-order valence-electron chi connectivity index (χ3n) is 3.19. The van der Waals surface area contributed by atoms with E-state index in [9.17, 15) is 0 Å². The van der Waals surface area contributed by atoms with Crippen LogP contribution >= 0.6 is 0 Å². The van der Waals surface area contributed by atoms with Crippen LogP contribution in [0, 0.1) is 13.8 Å². The molecule has 2 rings (SSSR count). The Labute approximate surface area is 124 Å². The molecule has 7 heteroatoms. The second kappa shape index (κ2) is 7.03. The molecular formula is C14H23N7. The molecule has 0 aliphatic carbocycles. The molecule has 0 aliphatic rings. The van der Waals surface area contributed by atoms with E-state index in [2.05, 4.69) is 38.8 Å². The maximum Gasteiger partial charge on any atom is 0.145 e. The number of aryl methyl sites for hydroxylation is 4. The number of nitrogens with two attached hydrogens (primary N) is 1. The highest BCUT2D eigenvalue weighted by molar-refractivity contribution is 5.46. The molecule has 0 spiro atoms. The Bertz CT molecular complexity index is 569. The molecule has 0 aromatic carbocycles. The van der Waals surface area contributed by atoms with Crippen LogP contribution in [0.25, 0.3) is 0 Å². The van der Waals surface area contributed by atoms with E-state index in [1.54, 1.807) is 0 Å². The topological polar surface area (TPSA) is 93.7 Å². The molecular weight excluding hydrogens is 266 g/mol. The third-order valence-corrected chi connectivity index (χ3v) is 3.19. The summed E-state index contributed by atoms with van der Waals surface area (Å²) in [5.41, 5.74) is 4.81. The minimum absolute atomic E-state index is 0.628. The van der Waals surface area contributed by atoms with Crippen molar-refractivity contribution >= 4 is 11.6 Å². The first-order valence-electron chi connectivity index (χ1n) is 7.22. The van der Waals surface area contributed by atoms with Crippen LogP contribution < -0.4 is 16.6 Å². The Morgan fingerprint density at radius 2 is 1.95 bits per heavy atom. The van der Waals surface area contributed by atoms with Crippen LogP contribution in [-0.4, -0.2) is 26.3 Å². The third kappa shape index (κ3) is 4.16. The first-order chi connectivity index (χ1) is 10.1. The Morgan fingerprint density at radius 1 is 1.19 bits per heavy atom. The van der Waals surface area contributed by atoms with Gasteiger partial charge in [-0.05, 0) is 26.3 Å². The fourth-order valence-electron chi connectivity index (χ4n) is 2.17. The average Bonchev–Trinajstić information content (AvgIpc) is 2.81. The van der Waals surface area contributed by atoms with Gasteiger partial charge in [0.15, 0.2) is 0 Å². The highest BCUT2D eigenvalue weighted by Gasteiger charge is 2.03. The van der Waals surface area contributed by atoms with Crippen molar-refractivity contribution in [2.75, 3.05) is 17.3 Å². The molecule has 0 amide bonds. The summed E-state index contributed by atoms with van der Waals surface area (Å²) in [4.78, 5) is 8.69. The zero-order valence-electron chi connectivity index (χ0n) is 12.8. The summed E-state index contributed by atoms with van der Waals surface area (Å²) in [6.07, 6.45) is 1.74. The van der Waals surface area contributed by atoms with Gasteiger partial charge in [-0.15, -0.1) is 0 Å². The predicted molar refractivity (Wildman–Crippen MR) is 84.0 cm³/mol. The number of hydrogen-bond acceptors (Lipinski definition) is 6. The van der Waals surface area contributed by atoms with Gasteiger partial charge in [0.2, 0.25) is 0 Å². The van der Waals surface area contributed by atoms with E-state index in [1.807, 2.05) is 24.6 Å². The molecule has 0 radical (unpaired) electrons. The normalized spacial score (nSPS) is 10.7. The minimum Gasteiger partial charge on any atom is -0.370 e. The first kappa shape index (κ1) is 15.2.